The molecule has 0 saturated heterocycles. The molecule has 1 N–H and O–H groups in total. The molecule has 4 nitrogen and oxygen atoms in total. The zero-order chi connectivity index (χ0) is 17.0. The van der Waals surface area contributed by atoms with Gasteiger partial charge in [-0.25, -0.2) is 0 Å². The van der Waals surface area contributed by atoms with Crippen LogP contribution in [-0.2, 0) is 6.42 Å². The third-order valence-corrected chi connectivity index (χ3v) is 4.14. The minimum atomic E-state index is -0.0867. The molecule has 1 aromatic carbocycles. The number of rotatable bonds is 6. The van der Waals surface area contributed by atoms with Gasteiger partial charge in [0.15, 0.2) is 0 Å². The lowest BCUT2D eigenvalue weighted by Crippen LogP contribution is -2.34. The van der Waals surface area contributed by atoms with E-state index in [1.165, 1.54) is 11.1 Å². The van der Waals surface area contributed by atoms with Crippen molar-refractivity contribution in [2.45, 2.75) is 33.2 Å². The van der Waals surface area contributed by atoms with Gasteiger partial charge in [-0.1, -0.05) is 31.2 Å². The molecular formula is C19H26N2O2. The molecule has 124 valence electrons. The van der Waals surface area contributed by atoms with Crippen LogP contribution in [-0.4, -0.2) is 31.4 Å². The molecule has 0 fully saturated rings. The van der Waals surface area contributed by atoms with Gasteiger partial charge >= 0.3 is 0 Å². The van der Waals surface area contributed by atoms with Crippen molar-refractivity contribution >= 4 is 5.91 Å². The smallest absolute Gasteiger partial charge is 0.254 e. The molecule has 0 aliphatic heterocycles. The fraction of sp³-hybridized carbons (Fsp3) is 0.421. The second-order valence-electron chi connectivity index (χ2n) is 6.11. The SMILES string of the molecule is CCc1ccc(C(CNC(=O)c2cc(C)oc2C)N(C)C)cc1. The second kappa shape index (κ2) is 7.47. The molecule has 4 heteroatoms. The Morgan fingerprint density at radius 2 is 1.87 bits per heavy atom. The van der Waals surface area contributed by atoms with Gasteiger partial charge in [-0.2, -0.15) is 0 Å². The molecule has 0 aliphatic rings. The minimum Gasteiger partial charge on any atom is -0.466 e. The summed E-state index contributed by atoms with van der Waals surface area (Å²) in [5, 5.41) is 3.02. The van der Waals surface area contributed by atoms with Gasteiger partial charge in [-0.3, -0.25) is 4.79 Å². The molecule has 2 aromatic rings. The van der Waals surface area contributed by atoms with Crippen LogP contribution in [0.4, 0.5) is 0 Å². The number of hydrogen-bond donors (Lipinski definition) is 1. The van der Waals surface area contributed by atoms with Gasteiger partial charge in [-0.05, 0) is 51.6 Å². The summed E-state index contributed by atoms with van der Waals surface area (Å²) in [5.41, 5.74) is 3.13. The standard InChI is InChI=1S/C19H26N2O2/c1-6-15-7-9-16(10-8-15)18(21(4)5)12-20-19(22)17-11-13(2)23-14(17)3/h7-11,18H,6,12H2,1-5H3,(H,20,22). The number of nitrogens with zero attached hydrogens (tertiary/aromatic N) is 1. The molecule has 1 atom stereocenters. The maximum atomic E-state index is 12.3. The Kier molecular flexibility index (Phi) is 5.61. The summed E-state index contributed by atoms with van der Waals surface area (Å²) in [4.78, 5) is 14.5. The molecule has 2 rings (SSSR count). The van der Waals surface area contributed by atoms with Crippen LogP contribution < -0.4 is 5.32 Å². The average Bonchev–Trinajstić information content (AvgIpc) is 2.86. The summed E-state index contributed by atoms with van der Waals surface area (Å²) in [6.45, 7) is 6.37. The van der Waals surface area contributed by atoms with Crippen LogP contribution in [0, 0.1) is 13.8 Å². The van der Waals surface area contributed by atoms with Gasteiger partial charge in [0.2, 0.25) is 0 Å². The lowest BCUT2D eigenvalue weighted by atomic mass is 10.0. The van der Waals surface area contributed by atoms with Gasteiger partial charge in [-0.15, -0.1) is 0 Å². The highest BCUT2D eigenvalue weighted by Gasteiger charge is 2.18. The molecular weight excluding hydrogens is 288 g/mol. The zero-order valence-electron chi connectivity index (χ0n) is 14.6. The van der Waals surface area contributed by atoms with Crippen molar-refractivity contribution in [1.29, 1.82) is 0 Å². The molecule has 1 heterocycles. The third-order valence-electron chi connectivity index (χ3n) is 4.14. The first-order chi connectivity index (χ1) is 10.9. The summed E-state index contributed by atoms with van der Waals surface area (Å²) in [7, 11) is 4.05. The molecule has 1 aromatic heterocycles. The third kappa shape index (κ3) is 4.23. The first-order valence-corrected chi connectivity index (χ1v) is 8.02. The molecule has 1 amide bonds. The molecule has 1 unspecified atom stereocenters. The molecule has 0 spiro atoms. The lowest BCUT2D eigenvalue weighted by Gasteiger charge is -2.25. The van der Waals surface area contributed by atoms with E-state index in [1.54, 1.807) is 6.07 Å². The van der Waals surface area contributed by atoms with Crippen LogP contribution in [0.3, 0.4) is 0 Å². The lowest BCUT2D eigenvalue weighted by molar-refractivity contribution is 0.0940. The van der Waals surface area contributed by atoms with Gasteiger partial charge in [0, 0.05) is 6.54 Å². The van der Waals surface area contributed by atoms with Crippen molar-refractivity contribution in [1.82, 2.24) is 10.2 Å². The number of hydrogen-bond acceptors (Lipinski definition) is 3. The van der Waals surface area contributed by atoms with Gasteiger partial charge in [0.1, 0.15) is 11.5 Å². The highest BCUT2D eigenvalue weighted by atomic mass is 16.3. The number of carbonyl (C=O) groups excluding carboxylic acids is 1. The van der Waals surface area contributed by atoms with Crippen LogP contribution in [0.25, 0.3) is 0 Å². The largest absolute Gasteiger partial charge is 0.466 e. The van der Waals surface area contributed by atoms with Crippen LogP contribution >= 0.6 is 0 Å². The number of furan rings is 1. The molecule has 0 radical (unpaired) electrons. The highest BCUT2D eigenvalue weighted by Crippen LogP contribution is 2.19. The summed E-state index contributed by atoms with van der Waals surface area (Å²) < 4.78 is 5.43. The van der Waals surface area contributed by atoms with E-state index in [0.29, 0.717) is 17.9 Å². The Balaban J connectivity index is 2.07. The monoisotopic (exact) mass is 314 g/mol. The maximum Gasteiger partial charge on any atom is 0.254 e. The predicted molar refractivity (Wildman–Crippen MR) is 92.8 cm³/mol. The number of aryl methyl sites for hydroxylation is 3. The summed E-state index contributed by atoms with van der Waals surface area (Å²) >= 11 is 0. The number of nitrogens with one attached hydrogen (secondary N) is 1. The first-order valence-electron chi connectivity index (χ1n) is 8.02. The molecule has 23 heavy (non-hydrogen) atoms. The Bertz CT molecular complexity index is 657. The van der Waals surface area contributed by atoms with E-state index in [9.17, 15) is 4.79 Å². The fourth-order valence-electron chi connectivity index (χ4n) is 2.71. The second-order valence-corrected chi connectivity index (χ2v) is 6.11. The summed E-state index contributed by atoms with van der Waals surface area (Å²) in [6, 6.07) is 10.5. The van der Waals surface area contributed by atoms with Crippen LogP contribution in [0.15, 0.2) is 34.7 Å². The number of benzene rings is 1. The van der Waals surface area contributed by atoms with Crippen molar-refractivity contribution in [2.24, 2.45) is 0 Å². The zero-order valence-corrected chi connectivity index (χ0v) is 14.6. The Morgan fingerprint density at radius 3 is 2.35 bits per heavy atom. The minimum absolute atomic E-state index is 0.0867. The van der Waals surface area contributed by atoms with E-state index in [2.05, 4.69) is 41.4 Å². The Morgan fingerprint density at radius 1 is 1.22 bits per heavy atom. The van der Waals surface area contributed by atoms with Crippen molar-refractivity contribution < 1.29 is 9.21 Å². The van der Waals surface area contributed by atoms with E-state index in [0.717, 1.165) is 12.2 Å². The van der Waals surface area contributed by atoms with Gasteiger partial charge in [0.25, 0.3) is 5.91 Å². The van der Waals surface area contributed by atoms with Gasteiger partial charge in [0.05, 0.1) is 11.6 Å². The van der Waals surface area contributed by atoms with Crippen LogP contribution in [0.1, 0.15) is 46.0 Å². The van der Waals surface area contributed by atoms with Crippen molar-refractivity contribution in [2.75, 3.05) is 20.6 Å². The number of likely N-dealkylation sites (N-methyl/N-ethyl adjacent to an activating group) is 1. The normalized spacial score (nSPS) is 12.4. The predicted octanol–water partition coefficient (Wildman–Crippen LogP) is 3.49. The topological polar surface area (TPSA) is 45.5 Å². The average molecular weight is 314 g/mol. The van der Waals surface area contributed by atoms with E-state index >= 15 is 0 Å². The molecule has 0 saturated carbocycles. The number of amides is 1. The van der Waals surface area contributed by atoms with E-state index in [-0.39, 0.29) is 11.9 Å². The molecule has 0 bridgehead atoms. The first kappa shape index (κ1) is 17.3. The maximum absolute atomic E-state index is 12.3. The van der Waals surface area contributed by atoms with E-state index < -0.39 is 0 Å². The summed E-state index contributed by atoms with van der Waals surface area (Å²) in [6.07, 6.45) is 1.03. The van der Waals surface area contributed by atoms with Gasteiger partial charge < -0.3 is 14.6 Å². The van der Waals surface area contributed by atoms with Crippen LogP contribution in [0.5, 0.6) is 0 Å². The quantitative estimate of drug-likeness (QED) is 0.887. The van der Waals surface area contributed by atoms with Crippen molar-refractivity contribution in [3.8, 4) is 0 Å². The Labute approximate surface area is 138 Å². The number of carbonyl (C=O) groups is 1. The molecule has 0 aliphatic carbocycles. The van der Waals surface area contributed by atoms with Crippen molar-refractivity contribution in [3.05, 3.63) is 58.5 Å². The Hall–Kier alpha value is -2.07. The van der Waals surface area contributed by atoms with Crippen molar-refractivity contribution in [3.63, 3.8) is 0 Å². The summed E-state index contributed by atoms with van der Waals surface area (Å²) in [5.74, 6) is 1.33. The van der Waals surface area contributed by atoms with Crippen LogP contribution in [0.2, 0.25) is 0 Å². The van der Waals surface area contributed by atoms with E-state index in [4.69, 9.17) is 4.42 Å². The fourth-order valence-corrected chi connectivity index (χ4v) is 2.71. The highest BCUT2D eigenvalue weighted by molar-refractivity contribution is 5.95. The van der Waals surface area contributed by atoms with E-state index in [1.807, 2.05) is 27.9 Å².